The summed E-state index contributed by atoms with van der Waals surface area (Å²) in [7, 11) is 0. The van der Waals surface area contributed by atoms with E-state index in [-0.39, 0.29) is 11.8 Å². The third kappa shape index (κ3) is 8.20. The third-order valence-corrected chi connectivity index (χ3v) is 2.54. The molecule has 1 unspecified atom stereocenters. The van der Waals surface area contributed by atoms with Gasteiger partial charge in [-0.2, -0.15) is 0 Å². The Hall–Kier alpha value is -1.57. The molecule has 1 N–H and O–H groups in total. The van der Waals surface area contributed by atoms with Crippen LogP contribution in [-0.4, -0.2) is 5.91 Å². The van der Waals surface area contributed by atoms with E-state index in [1.807, 2.05) is 33.8 Å². The molecule has 2 heteroatoms. The summed E-state index contributed by atoms with van der Waals surface area (Å²) < 4.78 is 0. The van der Waals surface area contributed by atoms with Gasteiger partial charge in [0.05, 0.1) is 0 Å². The Labute approximate surface area is 119 Å². The van der Waals surface area contributed by atoms with Crippen LogP contribution >= 0.6 is 0 Å². The largest absolute Gasteiger partial charge is 0.330 e. The van der Waals surface area contributed by atoms with E-state index >= 15 is 0 Å². The highest BCUT2D eigenvalue weighted by molar-refractivity contribution is 5.81. The summed E-state index contributed by atoms with van der Waals surface area (Å²) in [5.74, 6) is 0.114. The molecular formula is C17H29NO. The summed E-state index contributed by atoms with van der Waals surface area (Å²) in [6, 6.07) is 0. The van der Waals surface area contributed by atoms with E-state index in [2.05, 4.69) is 25.1 Å². The maximum absolute atomic E-state index is 11.6. The predicted molar refractivity (Wildman–Crippen MR) is 85.8 cm³/mol. The number of amides is 1. The second-order valence-electron chi connectivity index (χ2n) is 3.71. The average Bonchev–Trinajstić information content (AvgIpc) is 2.45. The summed E-state index contributed by atoms with van der Waals surface area (Å²) in [4.78, 5) is 11.6. The van der Waals surface area contributed by atoms with Crippen LogP contribution in [0.25, 0.3) is 0 Å². The first-order valence-electron chi connectivity index (χ1n) is 7.10. The van der Waals surface area contributed by atoms with Gasteiger partial charge in [0.2, 0.25) is 5.91 Å². The van der Waals surface area contributed by atoms with Crippen LogP contribution in [0, 0.1) is 5.92 Å². The van der Waals surface area contributed by atoms with E-state index in [4.69, 9.17) is 0 Å². The maximum atomic E-state index is 11.6. The summed E-state index contributed by atoms with van der Waals surface area (Å²) in [5, 5.41) is 2.78. The van der Waals surface area contributed by atoms with Gasteiger partial charge in [0.25, 0.3) is 0 Å². The van der Waals surface area contributed by atoms with E-state index in [0.29, 0.717) is 0 Å². The number of hydrogen-bond donors (Lipinski definition) is 1. The van der Waals surface area contributed by atoms with Crippen molar-refractivity contribution in [3.63, 3.8) is 0 Å². The van der Waals surface area contributed by atoms with Crippen molar-refractivity contribution in [3.05, 3.63) is 49.2 Å². The maximum Gasteiger partial charge on any atom is 0.227 e. The minimum Gasteiger partial charge on any atom is -0.330 e. The fourth-order valence-electron chi connectivity index (χ4n) is 1.67. The number of hydrogen-bond acceptors (Lipinski definition) is 1. The number of piperidine rings is 1. The molecule has 2 nitrogen and oxygen atoms in total. The summed E-state index contributed by atoms with van der Waals surface area (Å²) in [5.41, 5.74) is 1.88. The van der Waals surface area contributed by atoms with Gasteiger partial charge in [-0.25, -0.2) is 0 Å². The lowest BCUT2D eigenvalue weighted by Crippen LogP contribution is -2.34. The molecule has 1 amide bonds. The van der Waals surface area contributed by atoms with E-state index in [1.54, 1.807) is 12.2 Å². The van der Waals surface area contributed by atoms with Gasteiger partial charge in [-0.3, -0.25) is 4.79 Å². The lowest BCUT2D eigenvalue weighted by Gasteiger charge is -2.23. The predicted octanol–water partition coefficient (Wildman–Crippen LogP) is 4.77. The Balaban J connectivity index is 0. The van der Waals surface area contributed by atoms with Gasteiger partial charge < -0.3 is 5.32 Å². The number of rotatable bonds is 4. The number of carbonyl (C=O) groups is 1. The Morgan fingerprint density at radius 2 is 1.89 bits per heavy atom. The molecular weight excluding hydrogens is 234 g/mol. The summed E-state index contributed by atoms with van der Waals surface area (Å²) >= 11 is 0. The van der Waals surface area contributed by atoms with Crippen molar-refractivity contribution < 1.29 is 4.79 Å². The first kappa shape index (κ1) is 19.8. The standard InChI is InChI=1S/C13H17NO.2C2H6/c1-4-6-11(5-2)9-12-8-7-10(3)14-13(12)15;2*1-2/h4-6,12H,1-3,7-9H2,(H,14,15);2*1-2H3/b11-6+;;. The van der Waals surface area contributed by atoms with E-state index in [0.717, 1.165) is 30.5 Å². The van der Waals surface area contributed by atoms with Crippen LogP contribution in [0.5, 0.6) is 0 Å². The molecule has 1 aliphatic rings. The molecule has 0 saturated carbocycles. The zero-order chi connectivity index (χ0) is 15.3. The molecule has 1 atom stereocenters. The monoisotopic (exact) mass is 263 g/mol. The van der Waals surface area contributed by atoms with Crippen LogP contribution in [0.1, 0.15) is 47.0 Å². The average molecular weight is 263 g/mol. The fraction of sp³-hybridized carbons (Fsp3) is 0.471. The highest BCUT2D eigenvalue weighted by Crippen LogP contribution is 2.23. The lowest BCUT2D eigenvalue weighted by molar-refractivity contribution is -0.125. The first-order valence-corrected chi connectivity index (χ1v) is 7.10. The molecule has 0 spiro atoms. The van der Waals surface area contributed by atoms with Crippen molar-refractivity contribution in [1.82, 2.24) is 5.32 Å². The molecule has 1 aliphatic heterocycles. The third-order valence-electron chi connectivity index (χ3n) is 2.54. The first-order chi connectivity index (χ1) is 9.17. The normalized spacial score (nSPS) is 18.1. The minimum atomic E-state index is 0.0414. The van der Waals surface area contributed by atoms with Gasteiger partial charge in [0.15, 0.2) is 0 Å². The van der Waals surface area contributed by atoms with Crippen molar-refractivity contribution in [3.8, 4) is 0 Å². The summed E-state index contributed by atoms with van der Waals surface area (Å²) in [6.45, 7) is 19.1. The molecule has 1 heterocycles. The second kappa shape index (κ2) is 12.9. The van der Waals surface area contributed by atoms with Gasteiger partial charge in [-0.1, -0.05) is 65.7 Å². The Bertz CT molecular complexity index is 326. The molecule has 0 aromatic heterocycles. The van der Waals surface area contributed by atoms with Gasteiger partial charge in [-0.15, -0.1) is 0 Å². The Morgan fingerprint density at radius 1 is 1.32 bits per heavy atom. The van der Waals surface area contributed by atoms with Crippen LogP contribution in [0.15, 0.2) is 49.2 Å². The summed E-state index contributed by atoms with van der Waals surface area (Å²) in [6.07, 6.45) is 7.86. The van der Waals surface area contributed by atoms with Crippen LogP contribution in [0.3, 0.4) is 0 Å². The highest BCUT2D eigenvalue weighted by atomic mass is 16.1. The number of carbonyl (C=O) groups excluding carboxylic acids is 1. The smallest absolute Gasteiger partial charge is 0.227 e. The fourth-order valence-corrected chi connectivity index (χ4v) is 1.67. The molecule has 0 aromatic rings. The Kier molecular flexibility index (Phi) is 13.4. The van der Waals surface area contributed by atoms with Gasteiger partial charge >= 0.3 is 0 Å². The van der Waals surface area contributed by atoms with Crippen LogP contribution < -0.4 is 5.32 Å². The van der Waals surface area contributed by atoms with Crippen LogP contribution in [0.2, 0.25) is 0 Å². The second-order valence-corrected chi connectivity index (χ2v) is 3.71. The van der Waals surface area contributed by atoms with Crippen LogP contribution in [0.4, 0.5) is 0 Å². The number of nitrogens with one attached hydrogen (secondary N) is 1. The van der Waals surface area contributed by atoms with Gasteiger partial charge in [0.1, 0.15) is 0 Å². The Morgan fingerprint density at radius 3 is 2.32 bits per heavy atom. The van der Waals surface area contributed by atoms with Crippen molar-refractivity contribution in [1.29, 1.82) is 0 Å². The molecule has 1 rings (SSSR count). The minimum absolute atomic E-state index is 0.0414. The SMILES string of the molecule is C=C/C=C(\C=C)CC1CCC(=C)NC1=O.CC.CC. The van der Waals surface area contributed by atoms with E-state index in [9.17, 15) is 4.79 Å². The molecule has 0 aliphatic carbocycles. The molecule has 108 valence electrons. The molecule has 0 radical (unpaired) electrons. The van der Waals surface area contributed by atoms with Crippen molar-refractivity contribution in [2.75, 3.05) is 0 Å². The van der Waals surface area contributed by atoms with Gasteiger partial charge in [-0.05, 0) is 24.8 Å². The molecule has 1 saturated heterocycles. The molecule has 1 fully saturated rings. The van der Waals surface area contributed by atoms with Crippen molar-refractivity contribution >= 4 is 5.91 Å². The molecule has 0 aromatic carbocycles. The molecule has 19 heavy (non-hydrogen) atoms. The molecule has 0 bridgehead atoms. The topological polar surface area (TPSA) is 29.1 Å². The highest BCUT2D eigenvalue weighted by Gasteiger charge is 2.23. The van der Waals surface area contributed by atoms with Crippen molar-refractivity contribution in [2.24, 2.45) is 5.92 Å². The van der Waals surface area contributed by atoms with E-state index in [1.165, 1.54) is 0 Å². The zero-order valence-corrected chi connectivity index (χ0v) is 13.0. The van der Waals surface area contributed by atoms with Gasteiger partial charge in [0, 0.05) is 11.6 Å². The van der Waals surface area contributed by atoms with Crippen molar-refractivity contribution in [2.45, 2.75) is 47.0 Å². The van der Waals surface area contributed by atoms with E-state index < -0.39 is 0 Å². The lowest BCUT2D eigenvalue weighted by atomic mass is 9.90. The zero-order valence-electron chi connectivity index (χ0n) is 13.0. The quantitative estimate of drug-likeness (QED) is 0.727. The number of allylic oxidation sites excluding steroid dienone is 5. The van der Waals surface area contributed by atoms with Crippen LogP contribution in [-0.2, 0) is 4.79 Å².